The third-order valence-corrected chi connectivity index (χ3v) is 4.15. The summed E-state index contributed by atoms with van der Waals surface area (Å²) in [7, 11) is 0. The van der Waals surface area contributed by atoms with Gasteiger partial charge in [0.25, 0.3) is 0 Å². The van der Waals surface area contributed by atoms with Gasteiger partial charge in [-0.1, -0.05) is 20.3 Å². The van der Waals surface area contributed by atoms with E-state index in [1.165, 1.54) is 19.3 Å². The second-order valence-corrected chi connectivity index (χ2v) is 6.32. The van der Waals surface area contributed by atoms with Gasteiger partial charge in [0.2, 0.25) is 0 Å². The molecule has 1 rings (SSSR count). The first-order valence-electron chi connectivity index (χ1n) is 7.09. The fourth-order valence-corrected chi connectivity index (χ4v) is 2.73. The van der Waals surface area contributed by atoms with Gasteiger partial charge < -0.3 is 16.2 Å². The Morgan fingerprint density at radius 3 is 2.65 bits per heavy atom. The molecule has 0 radical (unpaired) electrons. The normalized spacial score (nSPS) is 28.6. The summed E-state index contributed by atoms with van der Waals surface area (Å²) in [6.07, 6.45) is 5.89. The molecule has 0 heterocycles. The predicted octanol–water partition coefficient (Wildman–Crippen LogP) is 1.89. The minimum Gasteiger partial charge on any atom is -0.396 e. The van der Waals surface area contributed by atoms with Crippen LogP contribution in [0.2, 0.25) is 0 Å². The Hall–Kier alpha value is -0.120. The second-order valence-electron chi connectivity index (χ2n) is 6.32. The Balaban J connectivity index is 2.49. The smallest absolute Gasteiger partial charge is 0.0474 e. The molecule has 3 unspecified atom stereocenters. The summed E-state index contributed by atoms with van der Waals surface area (Å²) in [6.45, 7) is 7.71. The Bertz CT molecular complexity index is 220. The molecule has 3 heteroatoms. The van der Waals surface area contributed by atoms with Crippen LogP contribution in [0.3, 0.4) is 0 Å². The minimum absolute atomic E-state index is 0.0344. The van der Waals surface area contributed by atoms with Gasteiger partial charge in [0.15, 0.2) is 0 Å². The standard InChI is InChI=1S/C14H30N2O/c1-11(2)7-8-14(3,10-15)16-13-6-4-5-12(13)9-17/h11-13,16-17H,4-10,15H2,1-3H3. The van der Waals surface area contributed by atoms with Crippen molar-refractivity contribution in [2.45, 2.75) is 64.5 Å². The Morgan fingerprint density at radius 1 is 1.41 bits per heavy atom. The van der Waals surface area contributed by atoms with E-state index in [0.717, 1.165) is 18.8 Å². The van der Waals surface area contributed by atoms with Gasteiger partial charge in [-0.25, -0.2) is 0 Å². The zero-order valence-corrected chi connectivity index (χ0v) is 11.7. The van der Waals surface area contributed by atoms with Crippen molar-refractivity contribution >= 4 is 0 Å². The highest BCUT2D eigenvalue weighted by Gasteiger charge is 2.32. The SMILES string of the molecule is CC(C)CCC(C)(CN)NC1CCCC1CO. The van der Waals surface area contributed by atoms with Crippen molar-refractivity contribution in [3.63, 3.8) is 0 Å². The number of nitrogens with one attached hydrogen (secondary N) is 1. The maximum absolute atomic E-state index is 9.35. The van der Waals surface area contributed by atoms with Gasteiger partial charge in [0.05, 0.1) is 0 Å². The molecular weight excluding hydrogens is 212 g/mol. The lowest BCUT2D eigenvalue weighted by atomic mass is 9.89. The number of hydrogen-bond donors (Lipinski definition) is 3. The summed E-state index contributed by atoms with van der Waals surface area (Å²) in [5, 5.41) is 13.1. The van der Waals surface area contributed by atoms with Crippen molar-refractivity contribution in [3.05, 3.63) is 0 Å². The van der Waals surface area contributed by atoms with E-state index in [-0.39, 0.29) is 5.54 Å². The average Bonchev–Trinajstić information content (AvgIpc) is 2.73. The highest BCUT2D eigenvalue weighted by Crippen LogP contribution is 2.28. The van der Waals surface area contributed by atoms with Crippen LogP contribution in [-0.2, 0) is 0 Å². The van der Waals surface area contributed by atoms with E-state index < -0.39 is 0 Å². The molecule has 0 aromatic carbocycles. The zero-order chi connectivity index (χ0) is 12.9. The third-order valence-electron chi connectivity index (χ3n) is 4.15. The molecule has 0 aliphatic heterocycles. The molecular formula is C14H30N2O. The largest absolute Gasteiger partial charge is 0.396 e. The molecule has 0 saturated heterocycles. The van der Waals surface area contributed by atoms with Crippen LogP contribution in [0.4, 0.5) is 0 Å². The Labute approximate surface area is 106 Å². The average molecular weight is 242 g/mol. The highest BCUT2D eigenvalue weighted by atomic mass is 16.3. The van der Waals surface area contributed by atoms with E-state index in [1.807, 2.05) is 0 Å². The minimum atomic E-state index is 0.0344. The molecule has 17 heavy (non-hydrogen) atoms. The quantitative estimate of drug-likeness (QED) is 0.639. The molecule has 0 amide bonds. The van der Waals surface area contributed by atoms with E-state index >= 15 is 0 Å². The molecule has 1 aliphatic rings. The van der Waals surface area contributed by atoms with Crippen LogP contribution >= 0.6 is 0 Å². The summed E-state index contributed by atoms with van der Waals surface area (Å²) >= 11 is 0. The molecule has 0 spiro atoms. The third kappa shape index (κ3) is 4.57. The monoisotopic (exact) mass is 242 g/mol. The summed E-state index contributed by atoms with van der Waals surface area (Å²) in [5.41, 5.74) is 5.97. The van der Waals surface area contributed by atoms with Crippen LogP contribution in [0.15, 0.2) is 0 Å². The maximum Gasteiger partial charge on any atom is 0.0474 e. The van der Waals surface area contributed by atoms with Crippen LogP contribution in [0.1, 0.15) is 52.9 Å². The first-order valence-corrected chi connectivity index (χ1v) is 7.09. The molecule has 1 fully saturated rings. The lowest BCUT2D eigenvalue weighted by Crippen LogP contribution is -2.54. The fraction of sp³-hybridized carbons (Fsp3) is 1.00. The molecule has 0 aromatic rings. The van der Waals surface area contributed by atoms with Crippen LogP contribution in [0.5, 0.6) is 0 Å². The molecule has 3 nitrogen and oxygen atoms in total. The van der Waals surface area contributed by atoms with Crippen molar-refractivity contribution < 1.29 is 5.11 Å². The molecule has 0 bridgehead atoms. The van der Waals surface area contributed by atoms with Crippen LogP contribution in [-0.4, -0.2) is 29.8 Å². The number of rotatable bonds is 7. The van der Waals surface area contributed by atoms with Gasteiger partial charge in [-0.3, -0.25) is 0 Å². The summed E-state index contributed by atoms with van der Waals surface area (Å²) in [5.74, 6) is 1.15. The van der Waals surface area contributed by atoms with Gasteiger partial charge in [-0.15, -0.1) is 0 Å². The van der Waals surface area contributed by atoms with Gasteiger partial charge in [-0.2, -0.15) is 0 Å². The fourth-order valence-electron chi connectivity index (χ4n) is 2.73. The van der Waals surface area contributed by atoms with E-state index in [0.29, 0.717) is 25.1 Å². The van der Waals surface area contributed by atoms with Gasteiger partial charge in [0.1, 0.15) is 0 Å². The Kier molecular flexibility index (Phi) is 5.90. The molecule has 4 N–H and O–H groups in total. The maximum atomic E-state index is 9.35. The Morgan fingerprint density at radius 2 is 2.12 bits per heavy atom. The molecule has 102 valence electrons. The van der Waals surface area contributed by atoms with Crippen LogP contribution < -0.4 is 11.1 Å². The summed E-state index contributed by atoms with van der Waals surface area (Å²) in [4.78, 5) is 0. The van der Waals surface area contributed by atoms with Crippen molar-refractivity contribution in [2.75, 3.05) is 13.2 Å². The summed E-state index contributed by atoms with van der Waals surface area (Å²) in [6, 6.07) is 0.459. The van der Waals surface area contributed by atoms with E-state index in [4.69, 9.17) is 5.73 Å². The lowest BCUT2D eigenvalue weighted by molar-refractivity contribution is 0.178. The topological polar surface area (TPSA) is 58.3 Å². The van der Waals surface area contributed by atoms with E-state index in [1.54, 1.807) is 0 Å². The van der Waals surface area contributed by atoms with Crippen molar-refractivity contribution in [1.29, 1.82) is 0 Å². The van der Waals surface area contributed by atoms with Gasteiger partial charge in [-0.05, 0) is 44.4 Å². The highest BCUT2D eigenvalue weighted by molar-refractivity contribution is 4.92. The first kappa shape index (κ1) is 14.9. The molecule has 1 aliphatic carbocycles. The number of nitrogens with two attached hydrogens (primary N) is 1. The predicted molar refractivity (Wildman–Crippen MR) is 72.9 cm³/mol. The zero-order valence-electron chi connectivity index (χ0n) is 11.7. The second kappa shape index (κ2) is 6.72. The van der Waals surface area contributed by atoms with Gasteiger partial charge >= 0.3 is 0 Å². The van der Waals surface area contributed by atoms with Crippen LogP contribution in [0, 0.1) is 11.8 Å². The van der Waals surface area contributed by atoms with E-state index in [2.05, 4.69) is 26.1 Å². The number of aliphatic hydroxyl groups excluding tert-OH is 1. The first-order chi connectivity index (χ1) is 8.00. The van der Waals surface area contributed by atoms with Crippen molar-refractivity contribution in [2.24, 2.45) is 17.6 Å². The molecule has 0 aromatic heterocycles. The van der Waals surface area contributed by atoms with Crippen molar-refractivity contribution in [1.82, 2.24) is 5.32 Å². The van der Waals surface area contributed by atoms with Crippen LogP contribution in [0.25, 0.3) is 0 Å². The summed E-state index contributed by atoms with van der Waals surface area (Å²) < 4.78 is 0. The lowest BCUT2D eigenvalue weighted by Gasteiger charge is -2.35. The molecule has 3 atom stereocenters. The van der Waals surface area contributed by atoms with Crippen molar-refractivity contribution in [3.8, 4) is 0 Å². The molecule has 1 saturated carbocycles. The number of hydrogen-bond acceptors (Lipinski definition) is 3. The van der Waals surface area contributed by atoms with E-state index in [9.17, 15) is 5.11 Å². The van der Waals surface area contributed by atoms with Gasteiger partial charge in [0, 0.05) is 24.7 Å². The number of aliphatic hydroxyl groups is 1.